The molecule has 6 rings (SSSR count). The minimum absolute atomic E-state index is 0.0167. The number of rotatable bonds is 8. The van der Waals surface area contributed by atoms with Gasteiger partial charge in [0.05, 0.1) is 6.42 Å². The quantitative estimate of drug-likeness (QED) is 0.327. The van der Waals surface area contributed by atoms with Crippen LogP contribution in [0.4, 0.5) is 0 Å². The Balaban J connectivity index is 1.20. The van der Waals surface area contributed by atoms with E-state index < -0.39 is 54.0 Å². The molecule has 1 aromatic carbocycles. The Hall–Kier alpha value is -2.57. The number of nitrogens with one attached hydrogen (secondary N) is 1. The van der Waals surface area contributed by atoms with Gasteiger partial charge in [-0.1, -0.05) is 44.2 Å². The highest BCUT2D eigenvalue weighted by Crippen LogP contribution is 2.60. The molecule has 39 heavy (non-hydrogen) atoms. The predicted molar refractivity (Wildman–Crippen MR) is 133 cm³/mol. The van der Waals surface area contributed by atoms with Gasteiger partial charge in [-0.25, -0.2) is 14.6 Å². The van der Waals surface area contributed by atoms with Gasteiger partial charge in [0.1, 0.15) is 6.10 Å². The lowest BCUT2D eigenvalue weighted by Crippen LogP contribution is -2.70. The summed E-state index contributed by atoms with van der Waals surface area (Å²) in [6.45, 7) is 5.99. The van der Waals surface area contributed by atoms with Gasteiger partial charge < -0.3 is 29.7 Å². The molecule has 5 fully saturated rings. The molecule has 2 bridgehead atoms. The van der Waals surface area contributed by atoms with Crippen LogP contribution in [0.5, 0.6) is 0 Å². The van der Waals surface area contributed by atoms with Crippen LogP contribution in [0.15, 0.2) is 30.3 Å². The molecule has 1 aliphatic carbocycles. The first-order valence-electron chi connectivity index (χ1n) is 13.7. The van der Waals surface area contributed by atoms with Crippen LogP contribution in [0.1, 0.15) is 71.0 Å². The average molecular weight is 548 g/mol. The molecule has 5 aliphatic rings. The average Bonchev–Trinajstić information content (AvgIpc) is 3.14. The number of aliphatic hydroxyl groups excluding tert-OH is 1. The number of fused-ring (bicyclic) bond motifs is 2. The molecule has 214 valence electrons. The third-order valence-electron chi connectivity index (χ3n) is 8.94. The van der Waals surface area contributed by atoms with E-state index in [1.165, 1.54) is 0 Å². The zero-order valence-electron chi connectivity index (χ0n) is 22.4. The normalized spacial score (nSPS) is 38.6. The molecule has 4 heterocycles. The van der Waals surface area contributed by atoms with Gasteiger partial charge >= 0.3 is 11.9 Å². The fourth-order valence-corrected chi connectivity index (χ4v) is 6.77. The van der Waals surface area contributed by atoms with E-state index in [0.29, 0.717) is 17.9 Å². The highest BCUT2D eigenvalue weighted by atomic mass is 17.3. The van der Waals surface area contributed by atoms with Crippen LogP contribution in [0.3, 0.4) is 0 Å². The number of hydrogen-bond donors (Lipinski definition) is 3. The second kappa shape index (κ2) is 10.8. The van der Waals surface area contributed by atoms with Crippen LogP contribution in [-0.2, 0) is 38.4 Å². The van der Waals surface area contributed by atoms with Crippen molar-refractivity contribution in [3.63, 3.8) is 0 Å². The minimum atomic E-state index is -1.57. The number of carbonyl (C=O) groups excluding carboxylic acids is 2. The summed E-state index contributed by atoms with van der Waals surface area (Å²) in [5.41, 5.74) is -0.427. The maximum absolute atomic E-state index is 12.8. The number of esters is 1. The summed E-state index contributed by atoms with van der Waals surface area (Å²) in [6.07, 6.45) is -0.297. The van der Waals surface area contributed by atoms with Gasteiger partial charge in [0.15, 0.2) is 17.9 Å². The Morgan fingerprint density at radius 2 is 1.82 bits per heavy atom. The number of carboxylic acids is 1. The maximum Gasteiger partial charge on any atom is 0.329 e. The first-order valence-corrected chi connectivity index (χ1v) is 13.7. The molecule has 1 saturated carbocycles. The van der Waals surface area contributed by atoms with Gasteiger partial charge in [0.25, 0.3) is 0 Å². The lowest BCUT2D eigenvalue weighted by molar-refractivity contribution is -0.576. The van der Waals surface area contributed by atoms with Crippen LogP contribution in [0.2, 0.25) is 0 Å². The number of aliphatic carboxylic acids is 1. The number of carboxylic acid groups (broad SMARTS) is 1. The smallest absolute Gasteiger partial charge is 0.329 e. The van der Waals surface area contributed by atoms with E-state index >= 15 is 0 Å². The zero-order valence-corrected chi connectivity index (χ0v) is 22.4. The largest absolute Gasteiger partial charge is 0.480 e. The van der Waals surface area contributed by atoms with Crippen LogP contribution >= 0.6 is 0 Å². The highest BCUT2D eigenvalue weighted by Gasteiger charge is 2.69. The van der Waals surface area contributed by atoms with Crippen molar-refractivity contribution in [1.82, 2.24) is 5.32 Å². The molecular formula is C28H37NO10. The van der Waals surface area contributed by atoms with E-state index in [1.54, 1.807) is 30.3 Å². The predicted octanol–water partition coefficient (Wildman–Crippen LogP) is 2.82. The van der Waals surface area contributed by atoms with Crippen molar-refractivity contribution >= 4 is 17.8 Å². The van der Waals surface area contributed by atoms with E-state index in [1.807, 2.05) is 13.8 Å². The molecule has 10 atom stereocenters. The topological polar surface area (TPSA) is 150 Å². The number of benzene rings is 1. The minimum Gasteiger partial charge on any atom is -0.480 e. The fraction of sp³-hybridized carbons (Fsp3) is 0.679. The molecule has 11 nitrogen and oxygen atoms in total. The van der Waals surface area contributed by atoms with Gasteiger partial charge in [-0.15, -0.1) is 0 Å². The standard InChI is InChI=1S/C28H37NO10/c1-15-9-10-19-16(2)25(36-26-28(19)18(15)13-14-27(3,37-26)38-39-28)35-21(31)12-11-20(30)29-22(24(33)34)23(32)17-7-5-4-6-8-17/h4-8,15-16,18-19,22-23,25-26,32H,9-14H2,1-3H3,(H,29,30)(H,33,34)/t15-,16+,18-,19+,22-,23+,25+,26-,27+,28-/m0/s1. The lowest BCUT2D eigenvalue weighted by Gasteiger charge is -2.59. The first-order chi connectivity index (χ1) is 18.5. The molecule has 0 unspecified atom stereocenters. The molecular weight excluding hydrogens is 510 g/mol. The van der Waals surface area contributed by atoms with Crippen molar-refractivity contribution in [3.05, 3.63) is 35.9 Å². The Kier molecular flexibility index (Phi) is 7.73. The van der Waals surface area contributed by atoms with Crippen LogP contribution in [-0.4, -0.2) is 58.1 Å². The number of aliphatic hydroxyl groups is 1. The van der Waals surface area contributed by atoms with E-state index in [9.17, 15) is 24.6 Å². The molecule has 11 heteroatoms. The van der Waals surface area contributed by atoms with Gasteiger partial charge in [0.2, 0.25) is 18.0 Å². The zero-order chi connectivity index (χ0) is 27.9. The van der Waals surface area contributed by atoms with Crippen molar-refractivity contribution in [2.45, 2.75) is 95.4 Å². The summed E-state index contributed by atoms with van der Waals surface area (Å²) < 4.78 is 18.2. The summed E-state index contributed by atoms with van der Waals surface area (Å²) in [7, 11) is 0. The van der Waals surface area contributed by atoms with Gasteiger partial charge in [0, 0.05) is 24.7 Å². The highest BCUT2D eigenvalue weighted by molar-refractivity contribution is 5.86. The Morgan fingerprint density at radius 3 is 2.54 bits per heavy atom. The van der Waals surface area contributed by atoms with E-state index in [-0.39, 0.29) is 30.6 Å². The summed E-state index contributed by atoms with van der Waals surface area (Å²) in [4.78, 5) is 48.8. The Morgan fingerprint density at radius 1 is 1.08 bits per heavy atom. The Bertz CT molecular complexity index is 1080. The fourth-order valence-electron chi connectivity index (χ4n) is 6.77. The number of carbonyl (C=O) groups is 3. The van der Waals surface area contributed by atoms with Crippen molar-refractivity contribution in [2.24, 2.45) is 23.7 Å². The van der Waals surface area contributed by atoms with E-state index in [4.69, 9.17) is 24.0 Å². The summed E-state index contributed by atoms with van der Waals surface area (Å²) in [5.74, 6) is -3.33. The monoisotopic (exact) mass is 547 g/mol. The summed E-state index contributed by atoms with van der Waals surface area (Å²) in [6, 6.07) is 6.61. The molecule has 1 spiro atoms. The van der Waals surface area contributed by atoms with E-state index in [0.717, 1.165) is 19.3 Å². The summed E-state index contributed by atoms with van der Waals surface area (Å²) >= 11 is 0. The second-order valence-corrected chi connectivity index (χ2v) is 11.5. The molecule has 0 aromatic heterocycles. The van der Waals surface area contributed by atoms with Gasteiger partial charge in [-0.3, -0.25) is 9.59 Å². The Labute approximate surface area is 227 Å². The molecule has 4 aliphatic heterocycles. The van der Waals surface area contributed by atoms with Gasteiger partial charge in [-0.2, -0.15) is 0 Å². The second-order valence-electron chi connectivity index (χ2n) is 11.5. The van der Waals surface area contributed by atoms with E-state index in [2.05, 4.69) is 12.2 Å². The van der Waals surface area contributed by atoms with Crippen LogP contribution in [0.25, 0.3) is 0 Å². The first kappa shape index (κ1) is 28.0. The molecule has 0 radical (unpaired) electrons. The molecule has 4 saturated heterocycles. The molecule has 3 N–H and O–H groups in total. The van der Waals surface area contributed by atoms with Crippen molar-refractivity contribution in [2.75, 3.05) is 0 Å². The SMILES string of the molecule is C[C@H]1[C@H](OC(=O)CCC(=O)N[C@H](C(=O)O)[C@H](O)c2ccccc2)O[C@H]2O[C@@]3(C)CC[C@H]4[C@@H](C)CC[C@H]1[C@]24OO3. The van der Waals surface area contributed by atoms with Crippen molar-refractivity contribution in [1.29, 1.82) is 0 Å². The number of amides is 1. The number of hydrogen-bond acceptors (Lipinski definition) is 9. The maximum atomic E-state index is 12.8. The number of ether oxygens (including phenoxy) is 3. The molecule has 1 aromatic rings. The van der Waals surface area contributed by atoms with Crippen LogP contribution < -0.4 is 5.32 Å². The van der Waals surface area contributed by atoms with Crippen molar-refractivity contribution < 1.29 is 48.6 Å². The van der Waals surface area contributed by atoms with Crippen molar-refractivity contribution in [3.8, 4) is 0 Å². The third-order valence-corrected chi connectivity index (χ3v) is 8.94. The molecule has 1 amide bonds. The lowest BCUT2D eigenvalue weighted by atomic mass is 9.58. The summed E-state index contributed by atoms with van der Waals surface area (Å²) in [5, 5.41) is 22.3. The van der Waals surface area contributed by atoms with Gasteiger partial charge in [-0.05, 0) is 43.6 Å². The third kappa shape index (κ3) is 5.18. The van der Waals surface area contributed by atoms with Crippen LogP contribution in [0, 0.1) is 23.7 Å².